The van der Waals surface area contributed by atoms with Crippen molar-refractivity contribution < 1.29 is 4.42 Å². The minimum Gasteiger partial charge on any atom is -0.463 e. The average molecular weight is 300 g/mol. The number of fused-ring (bicyclic) bond motifs is 1. The number of aromatic nitrogens is 4. The van der Waals surface area contributed by atoms with E-state index in [1.807, 2.05) is 0 Å². The third kappa shape index (κ3) is 2.28. The standard InChI is InChI=1S/C13H12N6O3/c1-18-11-10(12(20)19(2)13(18)21)16-9(7-14-11)17-15-6-8-4-3-5-22-8/h3-7H,1-2H3,(H,16,17)/b15-6-. The molecule has 1 N–H and O–H groups in total. The first-order valence-electron chi connectivity index (χ1n) is 6.33. The lowest BCUT2D eigenvalue weighted by molar-refractivity contribution is 0.560. The summed E-state index contributed by atoms with van der Waals surface area (Å²) in [7, 11) is 2.92. The van der Waals surface area contributed by atoms with Gasteiger partial charge in [0.05, 0.1) is 18.7 Å². The fourth-order valence-electron chi connectivity index (χ4n) is 1.91. The van der Waals surface area contributed by atoms with Gasteiger partial charge in [0.15, 0.2) is 17.0 Å². The molecule has 0 saturated heterocycles. The Kier molecular flexibility index (Phi) is 3.30. The Morgan fingerprint density at radius 3 is 2.86 bits per heavy atom. The van der Waals surface area contributed by atoms with Crippen LogP contribution in [0.3, 0.4) is 0 Å². The zero-order chi connectivity index (χ0) is 15.7. The predicted octanol–water partition coefficient (Wildman–Crippen LogP) is 0.0662. The smallest absolute Gasteiger partial charge is 0.332 e. The lowest BCUT2D eigenvalue weighted by Crippen LogP contribution is -2.37. The van der Waals surface area contributed by atoms with E-state index in [1.54, 1.807) is 12.1 Å². The molecule has 3 aromatic rings. The van der Waals surface area contributed by atoms with Crippen LogP contribution in [0.2, 0.25) is 0 Å². The van der Waals surface area contributed by atoms with Crippen molar-refractivity contribution in [1.82, 2.24) is 19.1 Å². The molecule has 9 nitrogen and oxygen atoms in total. The van der Waals surface area contributed by atoms with Crippen LogP contribution in [-0.4, -0.2) is 25.3 Å². The van der Waals surface area contributed by atoms with Crippen LogP contribution in [0.25, 0.3) is 11.2 Å². The topological polar surface area (TPSA) is 107 Å². The Labute approximate surface area is 123 Å². The Balaban J connectivity index is 2.00. The minimum absolute atomic E-state index is 0.0859. The summed E-state index contributed by atoms with van der Waals surface area (Å²) in [6.45, 7) is 0. The first-order chi connectivity index (χ1) is 10.6. The van der Waals surface area contributed by atoms with Gasteiger partial charge in [-0.1, -0.05) is 0 Å². The number of nitrogens with zero attached hydrogens (tertiary/aromatic N) is 5. The van der Waals surface area contributed by atoms with Crippen LogP contribution in [0.5, 0.6) is 0 Å². The molecule has 0 spiro atoms. The second-order valence-corrected chi connectivity index (χ2v) is 4.52. The molecule has 0 amide bonds. The number of hydrogen-bond acceptors (Lipinski definition) is 7. The fraction of sp³-hybridized carbons (Fsp3) is 0.154. The van der Waals surface area contributed by atoms with Crippen molar-refractivity contribution in [3.63, 3.8) is 0 Å². The predicted molar refractivity (Wildman–Crippen MR) is 79.9 cm³/mol. The van der Waals surface area contributed by atoms with Gasteiger partial charge in [0.1, 0.15) is 5.76 Å². The van der Waals surface area contributed by atoms with Crippen LogP contribution in [0.15, 0.2) is 43.7 Å². The van der Waals surface area contributed by atoms with Gasteiger partial charge >= 0.3 is 5.69 Å². The van der Waals surface area contributed by atoms with Crippen LogP contribution < -0.4 is 16.7 Å². The summed E-state index contributed by atoms with van der Waals surface area (Å²) in [4.78, 5) is 32.1. The van der Waals surface area contributed by atoms with Gasteiger partial charge in [-0.25, -0.2) is 14.8 Å². The number of anilines is 1. The van der Waals surface area contributed by atoms with Gasteiger partial charge in [0.2, 0.25) is 0 Å². The van der Waals surface area contributed by atoms with E-state index in [-0.39, 0.29) is 17.0 Å². The lowest BCUT2D eigenvalue weighted by atomic mass is 10.4. The Hall–Kier alpha value is -3.23. The molecule has 0 aliphatic rings. The van der Waals surface area contributed by atoms with Crippen LogP contribution >= 0.6 is 0 Å². The first-order valence-corrected chi connectivity index (χ1v) is 6.33. The lowest BCUT2D eigenvalue weighted by Gasteiger charge is -2.06. The zero-order valence-corrected chi connectivity index (χ0v) is 11.8. The molecule has 0 saturated carbocycles. The largest absolute Gasteiger partial charge is 0.463 e. The van der Waals surface area contributed by atoms with E-state index in [1.165, 1.54) is 37.3 Å². The minimum atomic E-state index is -0.510. The van der Waals surface area contributed by atoms with Gasteiger partial charge in [0, 0.05) is 14.1 Å². The van der Waals surface area contributed by atoms with Crippen molar-refractivity contribution in [1.29, 1.82) is 0 Å². The van der Waals surface area contributed by atoms with Crippen molar-refractivity contribution in [2.45, 2.75) is 0 Å². The van der Waals surface area contributed by atoms with Gasteiger partial charge in [-0.2, -0.15) is 5.10 Å². The van der Waals surface area contributed by atoms with Crippen molar-refractivity contribution in [2.24, 2.45) is 19.2 Å². The van der Waals surface area contributed by atoms with Gasteiger partial charge in [0.25, 0.3) is 5.56 Å². The molecule has 0 aromatic carbocycles. The summed E-state index contributed by atoms with van der Waals surface area (Å²) in [6.07, 6.45) is 4.38. The van der Waals surface area contributed by atoms with Crippen molar-refractivity contribution in [2.75, 3.05) is 5.43 Å². The third-order valence-electron chi connectivity index (χ3n) is 3.07. The molecular formula is C13H12N6O3. The molecule has 112 valence electrons. The quantitative estimate of drug-likeness (QED) is 0.541. The van der Waals surface area contributed by atoms with E-state index in [4.69, 9.17) is 4.42 Å². The summed E-state index contributed by atoms with van der Waals surface area (Å²) in [6, 6.07) is 3.48. The summed E-state index contributed by atoms with van der Waals surface area (Å²) in [5.41, 5.74) is 1.99. The maximum Gasteiger partial charge on any atom is 0.332 e. The summed E-state index contributed by atoms with van der Waals surface area (Å²) in [5, 5.41) is 3.93. The molecular weight excluding hydrogens is 288 g/mol. The molecule has 22 heavy (non-hydrogen) atoms. The second-order valence-electron chi connectivity index (χ2n) is 4.52. The third-order valence-corrected chi connectivity index (χ3v) is 3.07. The molecule has 0 atom stereocenters. The zero-order valence-electron chi connectivity index (χ0n) is 11.8. The van der Waals surface area contributed by atoms with E-state index in [0.717, 1.165) is 4.57 Å². The van der Waals surface area contributed by atoms with E-state index in [0.29, 0.717) is 5.76 Å². The van der Waals surface area contributed by atoms with E-state index in [2.05, 4.69) is 20.5 Å². The molecule has 3 aromatic heterocycles. The van der Waals surface area contributed by atoms with Crippen molar-refractivity contribution in [3.05, 3.63) is 51.2 Å². The molecule has 3 rings (SSSR count). The monoisotopic (exact) mass is 300 g/mol. The first kappa shape index (κ1) is 13.7. The van der Waals surface area contributed by atoms with E-state index >= 15 is 0 Å². The van der Waals surface area contributed by atoms with Crippen LogP contribution in [0.1, 0.15) is 5.76 Å². The molecule has 0 aliphatic carbocycles. The van der Waals surface area contributed by atoms with Crippen LogP contribution in [0.4, 0.5) is 5.82 Å². The van der Waals surface area contributed by atoms with Crippen LogP contribution in [-0.2, 0) is 14.1 Å². The molecule has 0 fully saturated rings. The normalized spacial score (nSPS) is 11.4. The van der Waals surface area contributed by atoms with Gasteiger partial charge in [-0.05, 0) is 12.1 Å². The second kappa shape index (κ2) is 5.28. The van der Waals surface area contributed by atoms with E-state index in [9.17, 15) is 9.59 Å². The summed E-state index contributed by atoms with van der Waals surface area (Å²) < 4.78 is 7.33. The van der Waals surface area contributed by atoms with Gasteiger partial charge < -0.3 is 4.42 Å². The maximum absolute atomic E-state index is 12.1. The SMILES string of the molecule is Cn1c(=O)c2nc(N/N=C\c3ccco3)cnc2n(C)c1=O. The summed E-state index contributed by atoms with van der Waals surface area (Å²) >= 11 is 0. The molecule has 9 heteroatoms. The highest BCUT2D eigenvalue weighted by Crippen LogP contribution is 2.06. The van der Waals surface area contributed by atoms with Crippen molar-refractivity contribution >= 4 is 23.2 Å². The molecule has 0 radical (unpaired) electrons. The van der Waals surface area contributed by atoms with Gasteiger partial charge in [-0.3, -0.25) is 19.4 Å². The highest BCUT2D eigenvalue weighted by Gasteiger charge is 2.11. The average Bonchev–Trinajstić information content (AvgIpc) is 3.04. The molecule has 3 heterocycles. The fourth-order valence-corrected chi connectivity index (χ4v) is 1.91. The molecule has 0 aliphatic heterocycles. The number of hydrogen-bond donors (Lipinski definition) is 1. The number of aryl methyl sites for hydroxylation is 1. The molecule has 0 bridgehead atoms. The van der Waals surface area contributed by atoms with Gasteiger partial charge in [-0.15, -0.1) is 0 Å². The Bertz CT molecular complexity index is 968. The number of furan rings is 1. The summed E-state index contributed by atoms with van der Waals surface area (Å²) in [5.74, 6) is 0.852. The van der Waals surface area contributed by atoms with E-state index < -0.39 is 11.2 Å². The Morgan fingerprint density at radius 2 is 2.14 bits per heavy atom. The molecule has 0 unspecified atom stereocenters. The number of nitrogens with one attached hydrogen (secondary N) is 1. The van der Waals surface area contributed by atoms with Crippen molar-refractivity contribution in [3.8, 4) is 0 Å². The number of rotatable bonds is 3. The maximum atomic E-state index is 12.1. The Morgan fingerprint density at radius 1 is 1.32 bits per heavy atom. The van der Waals surface area contributed by atoms with Crippen LogP contribution in [0, 0.1) is 0 Å². The highest BCUT2D eigenvalue weighted by molar-refractivity contribution is 5.76. The number of hydrazone groups is 1. The highest BCUT2D eigenvalue weighted by atomic mass is 16.3.